The zero-order valence-electron chi connectivity index (χ0n) is 11.3. The summed E-state index contributed by atoms with van der Waals surface area (Å²) < 4.78 is 5.10. The molecule has 0 bridgehead atoms. The number of carbonyl (C=O) groups excluding carboxylic acids is 1. The number of rotatable bonds is 5. The van der Waals surface area contributed by atoms with Crippen LogP contribution in [0.2, 0.25) is 0 Å². The van der Waals surface area contributed by atoms with E-state index in [9.17, 15) is 4.79 Å². The number of hydrogen-bond donors (Lipinski definition) is 1. The highest BCUT2D eigenvalue weighted by Crippen LogP contribution is 2.25. The Morgan fingerprint density at radius 3 is 3.16 bits per heavy atom. The lowest BCUT2D eigenvalue weighted by Gasteiger charge is -2.28. The molecule has 1 heterocycles. The number of nitrogens with one attached hydrogen (secondary N) is 1. The van der Waals surface area contributed by atoms with Crippen molar-refractivity contribution in [3.63, 3.8) is 0 Å². The van der Waals surface area contributed by atoms with Gasteiger partial charge in [0.05, 0.1) is 18.2 Å². The Kier molecular flexibility index (Phi) is 5.27. The molecular weight excluding hydrogens is 242 g/mol. The molecule has 1 aromatic heterocycles. The van der Waals surface area contributed by atoms with Crippen LogP contribution in [-0.4, -0.2) is 28.8 Å². The van der Waals surface area contributed by atoms with Crippen LogP contribution in [0.4, 0.5) is 0 Å². The molecule has 5 nitrogen and oxygen atoms in total. The first-order valence-electron chi connectivity index (χ1n) is 6.96. The van der Waals surface area contributed by atoms with E-state index in [4.69, 9.17) is 4.74 Å². The summed E-state index contributed by atoms with van der Waals surface area (Å²) in [5, 5.41) is 11.3. The van der Waals surface area contributed by atoms with E-state index in [-0.39, 0.29) is 11.9 Å². The van der Waals surface area contributed by atoms with Crippen LogP contribution in [-0.2, 0) is 16.1 Å². The summed E-state index contributed by atoms with van der Waals surface area (Å²) in [6.45, 7) is 3.02. The molecule has 2 atom stereocenters. The molecule has 19 heavy (non-hydrogen) atoms. The normalized spacial score (nSPS) is 23.0. The van der Waals surface area contributed by atoms with E-state index in [1.54, 1.807) is 6.20 Å². The Bertz CT molecular complexity index is 397. The Balaban J connectivity index is 1.79. The van der Waals surface area contributed by atoms with Crippen molar-refractivity contribution < 1.29 is 9.53 Å². The highest BCUT2D eigenvalue weighted by Gasteiger charge is 2.27. The Morgan fingerprint density at radius 2 is 2.42 bits per heavy atom. The minimum Gasteiger partial charge on any atom is -0.466 e. The first kappa shape index (κ1) is 13.9. The fourth-order valence-corrected chi connectivity index (χ4v) is 2.53. The molecular formula is C14H21N3O2. The number of ether oxygens (including phenoxy) is 1. The van der Waals surface area contributed by atoms with Gasteiger partial charge in [-0.05, 0) is 38.3 Å². The van der Waals surface area contributed by atoms with E-state index >= 15 is 0 Å². The van der Waals surface area contributed by atoms with Gasteiger partial charge in [-0.1, -0.05) is 6.42 Å². The van der Waals surface area contributed by atoms with Crippen LogP contribution in [0.3, 0.4) is 0 Å². The van der Waals surface area contributed by atoms with Gasteiger partial charge in [0.15, 0.2) is 0 Å². The van der Waals surface area contributed by atoms with Gasteiger partial charge in [0.25, 0.3) is 0 Å². The summed E-state index contributed by atoms with van der Waals surface area (Å²) in [7, 11) is 0. The van der Waals surface area contributed by atoms with Gasteiger partial charge in [0.2, 0.25) is 0 Å². The van der Waals surface area contributed by atoms with Crippen molar-refractivity contribution >= 4 is 5.97 Å². The van der Waals surface area contributed by atoms with Crippen molar-refractivity contribution in [2.24, 2.45) is 5.92 Å². The van der Waals surface area contributed by atoms with Crippen LogP contribution in [0.15, 0.2) is 18.3 Å². The molecule has 0 saturated heterocycles. The van der Waals surface area contributed by atoms with Gasteiger partial charge in [-0.15, -0.1) is 0 Å². The highest BCUT2D eigenvalue weighted by atomic mass is 16.5. The van der Waals surface area contributed by atoms with Crippen molar-refractivity contribution in [1.29, 1.82) is 0 Å². The predicted molar refractivity (Wildman–Crippen MR) is 71.3 cm³/mol. The van der Waals surface area contributed by atoms with Crippen molar-refractivity contribution in [2.45, 2.75) is 45.2 Å². The number of hydrogen-bond acceptors (Lipinski definition) is 5. The second-order valence-electron chi connectivity index (χ2n) is 4.91. The lowest BCUT2D eigenvalue weighted by Crippen LogP contribution is -2.36. The van der Waals surface area contributed by atoms with Crippen molar-refractivity contribution in [3.05, 3.63) is 24.0 Å². The third kappa shape index (κ3) is 4.28. The second-order valence-corrected chi connectivity index (χ2v) is 4.91. The fourth-order valence-electron chi connectivity index (χ4n) is 2.53. The van der Waals surface area contributed by atoms with Gasteiger partial charge in [-0.25, -0.2) is 0 Å². The van der Waals surface area contributed by atoms with Crippen LogP contribution in [0.5, 0.6) is 0 Å². The molecule has 1 aliphatic carbocycles. The van der Waals surface area contributed by atoms with Crippen molar-refractivity contribution in [3.8, 4) is 0 Å². The maximum absolute atomic E-state index is 11.7. The summed E-state index contributed by atoms with van der Waals surface area (Å²) >= 11 is 0. The topological polar surface area (TPSA) is 64.1 Å². The Morgan fingerprint density at radius 1 is 1.53 bits per heavy atom. The molecule has 1 fully saturated rings. The van der Waals surface area contributed by atoms with Gasteiger partial charge in [-0.2, -0.15) is 10.2 Å². The molecule has 2 rings (SSSR count). The molecule has 0 amide bonds. The first-order valence-corrected chi connectivity index (χ1v) is 6.96. The zero-order chi connectivity index (χ0) is 13.5. The predicted octanol–water partition coefficient (Wildman–Crippen LogP) is 1.69. The van der Waals surface area contributed by atoms with Crippen LogP contribution in [0, 0.1) is 5.92 Å². The molecule has 5 heteroatoms. The lowest BCUT2D eigenvalue weighted by molar-refractivity contribution is -0.149. The van der Waals surface area contributed by atoms with E-state index in [1.165, 1.54) is 0 Å². The number of esters is 1. The highest BCUT2D eigenvalue weighted by molar-refractivity contribution is 5.72. The first-order chi connectivity index (χ1) is 9.29. The minimum atomic E-state index is -0.0477. The van der Waals surface area contributed by atoms with Gasteiger partial charge in [0.1, 0.15) is 0 Å². The van der Waals surface area contributed by atoms with E-state index in [1.807, 2.05) is 19.1 Å². The fraction of sp³-hybridized carbons (Fsp3) is 0.643. The molecule has 0 aromatic carbocycles. The van der Waals surface area contributed by atoms with Gasteiger partial charge >= 0.3 is 5.97 Å². The van der Waals surface area contributed by atoms with Gasteiger partial charge in [0, 0.05) is 18.8 Å². The summed E-state index contributed by atoms with van der Waals surface area (Å²) in [6, 6.07) is 4.20. The van der Waals surface area contributed by atoms with E-state index in [0.29, 0.717) is 19.2 Å². The summed E-state index contributed by atoms with van der Waals surface area (Å²) in [4.78, 5) is 11.7. The molecule has 0 aliphatic heterocycles. The van der Waals surface area contributed by atoms with E-state index < -0.39 is 0 Å². The molecule has 1 aromatic rings. The van der Waals surface area contributed by atoms with Crippen molar-refractivity contribution in [1.82, 2.24) is 15.5 Å². The Labute approximate surface area is 113 Å². The van der Waals surface area contributed by atoms with Crippen LogP contribution >= 0.6 is 0 Å². The van der Waals surface area contributed by atoms with E-state index in [2.05, 4.69) is 15.5 Å². The number of aromatic nitrogens is 2. The smallest absolute Gasteiger partial charge is 0.308 e. The van der Waals surface area contributed by atoms with E-state index in [0.717, 1.165) is 31.4 Å². The molecule has 1 saturated carbocycles. The summed E-state index contributed by atoms with van der Waals surface area (Å²) in [5.41, 5.74) is 0.931. The number of carbonyl (C=O) groups is 1. The maximum Gasteiger partial charge on any atom is 0.308 e. The largest absolute Gasteiger partial charge is 0.466 e. The quantitative estimate of drug-likeness (QED) is 0.819. The zero-order valence-corrected chi connectivity index (χ0v) is 11.3. The Hall–Kier alpha value is -1.49. The lowest BCUT2D eigenvalue weighted by atomic mass is 9.85. The van der Waals surface area contributed by atoms with Crippen LogP contribution in [0.1, 0.15) is 38.3 Å². The molecule has 104 valence electrons. The standard InChI is InChI=1S/C14H21N3O2/c1-2-19-14(18)11-5-3-6-12(9-11)15-10-13-7-4-8-16-17-13/h4,7-8,11-12,15H,2-3,5-6,9-10H2,1H3. The molecule has 1 aliphatic rings. The van der Waals surface area contributed by atoms with Crippen LogP contribution in [0.25, 0.3) is 0 Å². The second kappa shape index (κ2) is 7.19. The average Bonchev–Trinajstić information content (AvgIpc) is 2.47. The molecule has 0 radical (unpaired) electrons. The molecule has 2 unspecified atom stereocenters. The third-order valence-electron chi connectivity index (χ3n) is 3.49. The monoisotopic (exact) mass is 263 g/mol. The number of nitrogens with zero attached hydrogens (tertiary/aromatic N) is 2. The third-order valence-corrected chi connectivity index (χ3v) is 3.49. The summed E-state index contributed by atoms with van der Waals surface area (Å²) in [6.07, 6.45) is 5.65. The molecule has 0 spiro atoms. The van der Waals surface area contributed by atoms with Gasteiger partial charge < -0.3 is 10.1 Å². The van der Waals surface area contributed by atoms with Gasteiger partial charge in [-0.3, -0.25) is 4.79 Å². The van der Waals surface area contributed by atoms with Crippen LogP contribution < -0.4 is 5.32 Å². The summed E-state index contributed by atoms with van der Waals surface area (Å²) in [5.74, 6) is 0.00144. The minimum absolute atomic E-state index is 0.0477. The maximum atomic E-state index is 11.7. The average molecular weight is 263 g/mol. The SMILES string of the molecule is CCOC(=O)C1CCCC(NCc2cccnn2)C1. The molecule has 1 N–H and O–H groups in total. The van der Waals surface area contributed by atoms with Crippen molar-refractivity contribution in [2.75, 3.05) is 6.61 Å².